The van der Waals surface area contributed by atoms with Crippen molar-refractivity contribution in [1.82, 2.24) is 9.97 Å². The molecular formula is C22H18ClN3OS3. The molecule has 2 heterocycles. The van der Waals surface area contributed by atoms with Crippen LogP contribution in [0.3, 0.4) is 0 Å². The number of carbonyl (C=O) groups is 1. The highest BCUT2D eigenvalue weighted by atomic mass is 35.5. The molecule has 2 aromatic heterocycles. The number of nitrogens with zero attached hydrogens (tertiary/aromatic N) is 2. The van der Waals surface area contributed by atoms with Crippen LogP contribution in [0.1, 0.15) is 16.0 Å². The van der Waals surface area contributed by atoms with E-state index in [1.807, 2.05) is 35.8 Å². The van der Waals surface area contributed by atoms with E-state index in [4.69, 9.17) is 11.6 Å². The Morgan fingerprint density at radius 3 is 2.83 bits per heavy atom. The van der Waals surface area contributed by atoms with Gasteiger partial charge in [0.25, 0.3) is 0 Å². The molecule has 1 amide bonds. The molecule has 4 nitrogen and oxygen atoms in total. The average molecular weight is 472 g/mol. The maximum absolute atomic E-state index is 12.3. The number of halogens is 1. The predicted molar refractivity (Wildman–Crippen MR) is 128 cm³/mol. The van der Waals surface area contributed by atoms with Gasteiger partial charge in [0.1, 0.15) is 0 Å². The van der Waals surface area contributed by atoms with Crippen LogP contribution in [0.5, 0.6) is 0 Å². The third kappa shape index (κ3) is 5.70. The number of amides is 1. The molecule has 0 fully saturated rings. The number of thioether (sulfide) groups is 1. The Hall–Kier alpha value is -2.19. The molecule has 30 heavy (non-hydrogen) atoms. The van der Waals surface area contributed by atoms with E-state index in [1.54, 1.807) is 0 Å². The van der Waals surface area contributed by atoms with Gasteiger partial charge in [-0.2, -0.15) is 0 Å². The molecule has 0 unspecified atom stereocenters. The van der Waals surface area contributed by atoms with Gasteiger partial charge in [-0.3, -0.25) is 4.79 Å². The first kappa shape index (κ1) is 21.1. The van der Waals surface area contributed by atoms with Crippen LogP contribution in [0.15, 0.2) is 64.4 Å². The van der Waals surface area contributed by atoms with Crippen LogP contribution in [0, 0.1) is 6.92 Å². The van der Waals surface area contributed by atoms with Gasteiger partial charge >= 0.3 is 0 Å². The number of aromatic nitrogens is 2. The maximum Gasteiger partial charge on any atom is 0.236 e. The summed E-state index contributed by atoms with van der Waals surface area (Å²) in [6.45, 7) is 2.08. The molecule has 0 aliphatic carbocycles. The average Bonchev–Trinajstić information content (AvgIpc) is 3.37. The molecule has 4 rings (SSSR count). The second kappa shape index (κ2) is 9.75. The molecule has 0 spiro atoms. The van der Waals surface area contributed by atoms with Crippen LogP contribution in [0.25, 0.3) is 11.3 Å². The lowest BCUT2D eigenvalue weighted by molar-refractivity contribution is -0.113. The summed E-state index contributed by atoms with van der Waals surface area (Å²) in [6, 6.07) is 16.0. The van der Waals surface area contributed by atoms with Crippen molar-refractivity contribution in [3.63, 3.8) is 0 Å². The van der Waals surface area contributed by atoms with Crippen LogP contribution in [-0.2, 0) is 11.2 Å². The second-order valence-corrected chi connectivity index (χ2v) is 10.3. The summed E-state index contributed by atoms with van der Waals surface area (Å²) < 4.78 is 0.856. The van der Waals surface area contributed by atoms with Gasteiger partial charge in [-0.05, 0) is 24.6 Å². The largest absolute Gasteiger partial charge is 0.301 e. The number of nitrogens with one attached hydrogen (secondary N) is 1. The Kier molecular flexibility index (Phi) is 6.84. The Morgan fingerprint density at radius 1 is 1.20 bits per heavy atom. The summed E-state index contributed by atoms with van der Waals surface area (Å²) in [4.78, 5) is 22.4. The van der Waals surface area contributed by atoms with Crippen molar-refractivity contribution in [1.29, 1.82) is 0 Å². The van der Waals surface area contributed by atoms with E-state index in [2.05, 4.69) is 46.5 Å². The molecule has 0 radical (unpaired) electrons. The Morgan fingerprint density at radius 2 is 2.03 bits per heavy atom. The maximum atomic E-state index is 12.3. The van der Waals surface area contributed by atoms with Crippen molar-refractivity contribution in [2.75, 3.05) is 11.1 Å². The number of benzene rings is 2. The van der Waals surface area contributed by atoms with Gasteiger partial charge in [-0.15, -0.1) is 22.7 Å². The Labute approximate surface area is 192 Å². The summed E-state index contributed by atoms with van der Waals surface area (Å²) in [6.07, 6.45) is 2.64. The molecular weight excluding hydrogens is 454 g/mol. The molecule has 2 aromatic carbocycles. The Bertz CT molecular complexity index is 1150. The van der Waals surface area contributed by atoms with Gasteiger partial charge in [0.15, 0.2) is 9.47 Å². The number of rotatable bonds is 7. The van der Waals surface area contributed by atoms with E-state index < -0.39 is 0 Å². The van der Waals surface area contributed by atoms with Crippen molar-refractivity contribution >= 4 is 57.1 Å². The summed E-state index contributed by atoms with van der Waals surface area (Å²) >= 11 is 10.4. The van der Waals surface area contributed by atoms with Gasteiger partial charge in [0.05, 0.1) is 11.4 Å². The number of hydrogen-bond acceptors (Lipinski definition) is 6. The van der Waals surface area contributed by atoms with Crippen LogP contribution in [0.4, 0.5) is 5.13 Å². The first-order valence-corrected chi connectivity index (χ1v) is 12.3. The van der Waals surface area contributed by atoms with E-state index in [0.29, 0.717) is 15.9 Å². The highest BCUT2D eigenvalue weighted by molar-refractivity contribution is 8.01. The summed E-state index contributed by atoms with van der Waals surface area (Å²) in [7, 11) is 0. The number of anilines is 1. The minimum atomic E-state index is -0.0836. The number of thiazole rings is 2. The standard InChI is InChI=1S/C22H18ClN3OS3/c1-14-3-2-4-15(9-14)10-18-11-24-21(30-18)26-20(27)13-29-22-25-19(12-28-22)16-5-7-17(23)8-6-16/h2-9,11-12H,10,13H2,1H3,(H,24,26,27). The fraction of sp³-hybridized carbons (Fsp3) is 0.136. The zero-order valence-corrected chi connectivity index (χ0v) is 19.3. The normalized spacial score (nSPS) is 10.9. The first-order chi connectivity index (χ1) is 14.5. The number of aryl methyl sites for hydroxylation is 1. The van der Waals surface area contributed by atoms with Gasteiger partial charge in [-0.25, -0.2) is 9.97 Å². The number of carbonyl (C=O) groups excluding carboxylic acids is 1. The van der Waals surface area contributed by atoms with E-state index >= 15 is 0 Å². The number of hydrogen-bond donors (Lipinski definition) is 1. The lowest BCUT2D eigenvalue weighted by Crippen LogP contribution is -2.13. The van der Waals surface area contributed by atoms with Crippen LogP contribution < -0.4 is 5.32 Å². The molecule has 8 heteroatoms. The molecule has 1 N–H and O–H groups in total. The lowest BCUT2D eigenvalue weighted by atomic mass is 10.1. The van der Waals surface area contributed by atoms with E-state index in [1.165, 1.54) is 45.6 Å². The highest BCUT2D eigenvalue weighted by Gasteiger charge is 2.11. The summed E-state index contributed by atoms with van der Waals surface area (Å²) in [5.41, 5.74) is 4.38. The SMILES string of the molecule is Cc1cccc(Cc2cnc(NC(=O)CSc3nc(-c4ccc(Cl)cc4)cs3)s2)c1. The summed E-state index contributed by atoms with van der Waals surface area (Å²) in [5, 5.41) is 6.20. The monoisotopic (exact) mass is 471 g/mol. The zero-order chi connectivity index (χ0) is 20.9. The minimum Gasteiger partial charge on any atom is -0.301 e. The first-order valence-electron chi connectivity index (χ1n) is 9.19. The lowest BCUT2D eigenvalue weighted by Gasteiger charge is -2.01. The Balaban J connectivity index is 1.29. The molecule has 0 saturated carbocycles. The second-order valence-electron chi connectivity index (χ2n) is 6.64. The molecule has 152 valence electrons. The highest BCUT2D eigenvalue weighted by Crippen LogP contribution is 2.29. The molecule has 0 saturated heterocycles. The van der Waals surface area contributed by atoms with Crippen molar-refractivity contribution in [2.24, 2.45) is 0 Å². The van der Waals surface area contributed by atoms with Crippen molar-refractivity contribution in [2.45, 2.75) is 17.7 Å². The predicted octanol–water partition coefficient (Wildman–Crippen LogP) is 6.55. The van der Waals surface area contributed by atoms with Gasteiger partial charge < -0.3 is 5.32 Å². The topological polar surface area (TPSA) is 54.9 Å². The molecule has 0 aliphatic rings. The third-order valence-corrected chi connectivity index (χ3v) is 7.40. The van der Waals surface area contributed by atoms with Crippen LogP contribution in [-0.4, -0.2) is 21.6 Å². The van der Waals surface area contributed by atoms with Crippen molar-refractivity contribution < 1.29 is 4.79 Å². The fourth-order valence-corrected chi connectivity index (χ4v) is 5.45. The van der Waals surface area contributed by atoms with Crippen molar-refractivity contribution in [3.05, 3.63) is 81.1 Å². The van der Waals surface area contributed by atoms with E-state index in [-0.39, 0.29) is 5.91 Å². The smallest absolute Gasteiger partial charge is 0.236 e. The van der Waals surface area contributed by atoms with Crippen molar-refractivity contribution in [3.8, 4) is 11.3 Å². The summed E-state index contributed by atoms with van der Waals surface area (Å²) in [5.74, 6) is 0.208. The third-order valence-electron chi connectivity index (χ3n) is 4.21. The zero-order valence-electron chi connectivity index (χ0n) is 16.1. The fourth-order valence-electron chi connectivity index (χ4n) is 2.83. The van der Waals surface area contributed by atoms with Gasteiger partial charge in [-0.1, -0.05) is 65.3 Å². The molecule has 4 aromatic rings. The quantitative estimate of drug-likeness (QED) is 0.310. The molecule has 0 aliphatic heterocycles. The van der Waals surface area contributed by atoms with Crippen LogP contribution in [0.2, 0.25) is 5.02 Å². The minimum absolute atomic E-state index is 0.0836. The molecule has 0 atom stereocenters. The van der Waals surface area contributed by atoms with E-state index in [9.17, 15) is 4.79 Å². The van der Waals surface area contributed by atoms with E-state index in [0.717, 1.165) is 26.9 Å². The van der Waals surface area contributed by atoms with Gasteiger partial charge in [0.2, 0.25) is 5.91 Å². The van der Waals surface area contributed by atoms with Gasteiger partial charge in [0, 0.05) is 33.5 Å². The van der Waals surface area contributed by atoms with Crippen LogP contribution >= 0.6 is 46.0 Å². The molecule has 0 bridgehead atoms.